The molecule has 0 radical (unpaired) electrons. The van der Waals surface area contributed by atoms with E-state index in [2.05, 4.69) is 53.7 Å². The van der Waals surface area contributed by atoms with E-state index in [9.17, 15) is 39.9 Å². The molecule has 0 heterocycles. The van der Waals surface area contributed by atoms with Crippen LogP contribution in [0.5, 0.6) is 11.5 Å². The highest BCUT2D eigenvalue weighted by Gasteiger charge is 2.63. The van der Waals surface area contributed by atoms with Crippen LogP contribution in [0.4, 0.5) is 0 Å². The molecule has 0 unspecified atom stereocenters. The highest BCUT2D eigenvalue weighted by atomic mass is 16.5. The number of esters is 1. The van der Waals surface area contributed by atoms with Crippen molar-refractivity contribution < 1.29 is 44.7 Å². The van der Waals surface area contributed by atoms with Crippen molar-refractivity contribution >= 4 is 17.5 Å². The van der Waals surface area contributed by atoms with E-state index in [0.717, 1.165) is 68.2 Å². The number of aromatic hydroxyl groups is 2. The molecule has 0 saturated heterocycles. The second-order valence-corrected chi connectivity index (χ2v) is 20.3. The molecule has 2 saturated carbocycles. The molecule has 1 aromatic carbocycles. The fraction of sp³-hybridized carbons (Fsp3) is 0.627. The Morgan fingerprint density at radius 3 is 2.35 bits per heavy atom. The van der Waals surface area contributed by atoms with Gasteiger partial charge in [-0.3, -0.25) is 9.59 Å². The zero-order valence-electron chi connectivity index (χ0n) is 37.7. The maximum atomic E-state index is 13.5. The zero-order valence-corrected chi connectivity index (χ0v) is 37.7. The van der Waals surface area contributed by atoms with E-state index >= 15 is 0 Å². The number of fused-ring (bicyclic) bond motifs is 5. The predicted molar refractivity (Wildman–Crippen MR) is 235 cm³/mol. The smallest absolute Gasteiger partial charge is 0.334 e. The third kappa shape index (κ3) is 9.34. The number of allylic oxidation sites excluding steroid dienone is 8. The first-order chi connectivity index (χ1) is 28.0. The van der Waals surface area contributed by atoms with Gasteiger partial charge in [-0.25, -0.2) is 4.79 Å². The maximum absolute atomic E-state index is 13.5. The molecule has 4 aliphatic rings. The molecule has 0 aromatic heterocycles. The number of ketones is 2. The summed E-state index contributed by atoms with van der Waals surface area (Å²) in [5, 5.41) is 52.3. The molecular weight excluding hydrogens is 757 g/mol. The second-order valence-electron chi connectivity index (χ2n) is 20.3. The Hall–Kier alpha value is -3.79. The van der Waals surface area contributed by atoms with E-state index in [1.165, 1.54) is 30.2 Å². The number of carbonyl (C=O) groups excluding carboxylic acids is 3. The van der Waals surface area contributed by atoms with Crippen LogP contribution in [0.2, 0.25) is 0 Å². The summed E-state index contributed by atoms with van der Waals surface area (Å²) in [4.78, 5) is 39.8. The number of carbonyl (C=O) groups is 3. The van der Waals surface area contributed by atoms with E-state index in [-0.39, 0.29) is 63.2 Å². The van der Waals surface area contributed by atoms with Crippen LogP contribution in [0.15, 0.2) is 76.4 Å². The van der Waals surface area contributed by atoms with E-state index in [1.807, 2.05) is 26.0 Å². The van der Waals surface area contributed by atoms with Crippen LogP contribution in [0.3, 0.4) is 0 Å². The van der Waals surface area contributed by atoms with E-state index < -0.39 is 30.1 Å². The summed E-state index contributed by atoms with van der Waals surface area (Å²) < 4.78 is 5.60. The lowest BCUT2D eigenvalue weighted by molar-refractivity contribution is -0.155. The first-order valence-corrected chi connectivity index (χ1v) is 22.2. The molecule has 4 aliphatic carbocycles. The van der Waals surface area contributed by atoms with Crippen molar-refractivity contribution in [2.45, 2.75) is 151 Å². The Kier molecular flexibility index (Phi) is 14.4. The third-order valence-electron chi connectivity index (χ3n) is 15.8. The highest BCUT2D eigenvalue weighted by Crippen LogP contribution is 2.71. The predicted octanol–water partition coefficient (Wildman–Crippen LogP) is 9.82. The molecule has 60 heavy (non-hydrogen) atoms. The summed E-state index contributed by atoms with van der Waals surface area (Å²) in [6.07, 6.45) is 17.5. The maximum Gasteiger partial charge on any atom is 0.334 e. The van der Waals surface area contributed by atoms with Crippen molar-refractivity contribution in [3.63, 3.8) is 0 Å². The van der Waals surface area contributed by atoms with Gasteiger partial charge in [0.05, 0.1) is 18.3 Å². The van der Waals surface area contributed by atoms with Gasteiger partial charge in [-0.2, -0.15) is 0 Å². The number of phenols is 2. The largest absolute Gasteiger partial charge is 0.508 e. The minimum Gasteiger partial charge on any atom is -0.508 e. The number of hydrogen-bond donors (Lipinski definition) is 5. The lowest BCUT2D eigenvalue weighted by Crippen LogP contribution is -2.53. The molecule has 1 aromatic rings. The number of aliphatic hydroxyl groups excluding tert-OH is 2. The third-order valence-corrected chi connectivity index (χ3v) is 15.8. The van der Waals surface area contributed by atoms with Crippen LogP contribution in [0.1, 0.15) is 150 Å². The molecular formula is C51H72O9. The minimum absolute atomic E-state index is 0.00537. The van der Waals surface area contributed by atoms with Crippen molar-refractivity contribution in [2.75, 3.05) is 13.2 Å². The topological polar surface area (TPSA) is 162 Å². The Balaban J connectivity index is 1.23. The molecule has 2 fully saturated rings. The molecule has 9 heteroatoms. The number of rotatable bonds is 17. The fourth-order valence-electron chi connectivity index (χ4n) is 11.5. The average molecular weight is 829 g/mol. The molecule has 330 valence electrons. The van der Waals surface area contributed by atoms with Gasteiger partial charge in [0.15, 0.2) is 5.78 Å². The first kappa shape index (κ1) is 47.3. The number of Topliss-reactive ketones (excluding diaryl/α,β-unsaturated/α-hetero) is 1. The Morgan fingerprint density at radius 2 is 1.65 bits per heavy atom. The molecule has 5 N–H and O–H groups in total. The van der Waals surface area contributed by atoms with Gasteiger partial charge in [0, 0.05) is 17.4 Å². The van der Waals surface area contributed by atoms with E-state index in [0.29, 0.717) is 43.3 Å². The number of hydrogen-bond acceptors (Lipinski definition) is 9. The minimum atomic E-state index is -1.75. The summed E-state index contributed by atoms with van der Waals surface area (Å²) in [6.45, 7) is 18.6. The van der Waals surface area contributed by atoms with Gasteiger partial charge in [0.2, 0.25) is 0 Å². The van der Waals surface area contributed by atoms with E-state index in [4.69, 9.17) is 4.74 Å². The molecule has 8 atom stereocenters. The van der Waals surface area contributed by atoms with Crippen LogP contribution < -0.4 is 0 Å². The van der Waals surface area contributed by atoms with Gasteiger partial charge in [-0.15, -0.1) is 0 Å². The lowest BCUT2D eigenvalue weighted by Gasteiger charge is -2.59. The van der Waals surface area contributed by atoms with Gasteiger partial charge < -0.3 is 30.3 Å². The molecule has 0 aliphatic heterocycles. The van der Waals surface area contributed by atoms with Crippen LogP contribution in [-0.2, 0) is 14.3 Å². The highest BCUT2D eigenvalue weighted by molar-refractivity contribution is 6.10. The first-order valence-electron chi connectivity index (χ1n) is 22.2. The van der Waals surface area contributed by atoms with Gasteiger partial charge in [0.1, 0.15) is 29.5 Å². The molecule has 0 amide bonds. The van der Waals surface area contributed by atoms with Gasteiger partial charge in [0.25, 0.3) is 0 Å². The van der Waals surface area contributed by atoms with Gasteiger partial charge in [-0.05, 0) is 161 Å². The van der Waals surface area contributed by atoms with E-state index in [1.54, 1.807) is 0 Å². The summed E-state index contributed by atoms with van der Waals surface area (Å²) in [5.41, 5.74) is 2.71. The number of benzene rings is 1. The normalized spacial score (nSPS) is 29.9. The van der Waals surface area contributed by atoms with Gasteiger partial charge >= 0.3 is 5.97 Å². The lowest BCUT2D eigenvalue weighted by atomic mass is 9.44. The van der Waals surface area contributed by atoms with Crippen LogP contribution in [-0.4, -0.2) is 68.0 Å². The molecule has 9 nitrogen and oxygen atoms in total. The Bertz CT molecular complexity index is 1960. The van der Waals surface area contributed by atoms with Crippen molar-refractivity contribution in [3.05, 3.63) is 82.0 Å². The summed E-state index contributed by atoms with van der Waals surface area (Å²) in [5.74, 6) is -0.707. The Labute approximate surface area is 358 Å². The van der Waals surface area contributed by atoms with Crippen molar-refractivity contribution in [3.8, 4) is 11.5 Å². The van der Waals surface area contributed by atoms with Crippen molar-refractivity contribution in [2.24, 2.45) is 39.4 Å². The summed E-state index contributed by atoms with van der Waals surface area (Å²) >= 11 is 0. The van der Waals surface area contributed by atoms with Crippen molar-refractivity contribution in [1.82, 2.24) is 0 Å². The summed E-state index contributed by atoms with van der Waals surface area (Å²) in [7, 11) is 0. The van der Waals surface area contributed by atoms with Gasteiger partial charge in [-0.1, -0.05) is 77.0 Å². The van der Waals surface area contributed by atoms with Crippen LogP contribution in [0.25, 0.3) is 0 Å². The van der Waals surface area contributed by atoms with Crippen LogP contribution >= 0.6 is 0 Å². The molecule has 5 rings (SSSR count). The second kappa shape index (κ2) is 18.3. The molecule has 0 spiro atoms. The molecule has 0 bridgehead atoms. The number of ether oxygens (including phenoxy) is 1. The van der Waals surface area contributed by atoms with Crippen molar-refractivity contribution in [1.29, 1.82) is 0 Å². The zero-order chi connectivity index (χ0) is 44.4. The number of phenolic OH excluding ortho intramolecular Hbond substituents is 2. The SMILES string of the molecule is C/C(=C\CC/C(C)=C/CC/C(=C/C(=O)c1cc(O)ccc1O)C(=O)OC[C@@](C)(O)[C@@H](O)CC[C@@H](C)[C@H]1CC[C@@]2(C)C3=CC[C@H]4C(C)(C)C(=O)CC[C@]4(C)C3=CC[C@]12C)CO. The summed E-state index contributed by atoms with van der Waals surface area (Å²) in [6, 6.07) is 3.58. The Morgan fingerprint density at radius 1 is 0.967 bits per heavy atom. The standard InChI is InChI=1S/C51H72O9/c1-32(12-10-14-33(2)30-52)13-11-15-35(28-42(55)37-29-36(53)17-19-41(37)54)46(58)60-31-51(9,59)45(57)21-16-34(3)38-22-26-50(8)40-18-20-43-47(4,5)44(56)24-25-48(43,6)39(40)23-27-49(38,50)7/h13-14,17-19,23,28-29,34,38,43,45,52-54,57,59H,10-12,15-16,20-22,24-27,30-31H2,1-9H3/b32-13+,33-14+,35-28-/t34-,38-,43+,45+,48-,49-,50+,51-/m1/s1. The quantitative estimate of drug-likeness (QED) is 0.0339. The average Bonchev–Trinajstić information content (AvgIpc) is 3.48. The van der Waals surface area contributed by atoms with Crippen LogP contribution in [0, 0.1) is 39.4 Å². The fourth-order valence-corrected chi connectivity index (χ4v) is 11.5. The number of aliphatic hydroxyl groups is 3. The monoisotopic (exact) mass is 829 g/mol.